The van der Waals surface area contributed by atoms with Crippen molar-refractivity contribution in [3.63, 3.8) is 0 Å². The molecule has 2 heterocycles. The Morgan fingerprint density at radius 2 is 1.70 bits per heavy atom. The van der Waals surface area contributed by atoms with Crippen LogP contribution in [0.25, 0.3) is 0 Å². The van der Waals surface area contributed by atoms with Crippen molar-refractivity contribution in [3.05, 3.63) is 51.5 Å². The number of hydrazine groups is 1. The maximum Gasteiger partial charge on any atom is 0.329 e. The van der Waals surface area contributed by atoms with Gasteiger partial charge in [0.15, 0.2) is 6.61 Å². The predicted octanol–water partition coefficient (Wildman–Crippen LogP) is 0.369. The number of carbonyl (C=O) groups excluding carboxylic acids is 5. The Morgan fingerprint density at radius 1 is 1.10 bits per heavy atom. The van der Waals surface area contributed by atoms with E-state index in [1.165, 1.54) is 30.4 Å². The largest absolute Gasteiger partial charge is 0.454 e. The van der Waals surface area contributed by atoms with E-state index >= 15 is 0 Å². The molecular weight excluding hydrogens is 412 g/mol. The predicted molar refractivity (Wildman–Crippen MR) is 104 cm³/mol. The number of aromatic nitrogens is 1. The number of fused-ring (bicyclic) bond motifs is 1. The van der Waals surface area contributed by atoms with E-state index in [2.05, 4.69) is 15.8 Å². The lowest BCUT2D eigenvalue weighted by atomic mass is 10.1. The van der Waals surface area contributed by atoms with Crippen LogP contribution in [0.5, 0.6) is 0 Å². The second-order valence-electron chi connectivity index (χ2n) is 6.47. The van der Waals surface area contributed by atoms with Gasteiger partial charge in [-0.3, -0.25) is 34.9 Å². The summed E-state index contributed by atoms with van der Waals surface area (Å²) < 4.78 is 4.87. The van der Waals surface area contributed by atoms with Crippen molar-refractivity contribution < 1.29 is 28.7 Å². The highest BCUT2D eigenvalue weighted by atomic mass is 32.1. The number of amides is 4. The Morgan fingerprint density at radius 3 is 2.27 bits per heavy atom. The zero-order valence-corrected chi connectivity index (χ0v) is 16.9. The molecule has 1 aromatic carbocycles. The molecule has 30 heavy (non-hydrogen) atoms. The van der Waals surface area contributed by atoms with Crippen LogP contribution >= 0.6 is 11.3 Å². The number of hydrogen-bond donors (Lipinski definition) is 2. The molecule has 0 saturated carbocycles. The molecule has 0 aliphatic carbocycles. The SMILES string of the molecule is Cc1csc(CC(=O)NNC(=O)COC(=O)C(C)N2C(=O)c3ccccc3C2=O)n1. The second-order valence-corrected chi connectivity index (χ2v) is 7.41. The Kier molecular flexibility index (Phi) is 6.21. The summed E-state index contributed by atoms with van der Waals surface area (Å²) in [6.45, 7) is 2.44. The highest BCUT2D eigenvalue weighted by Gasteiger charge is 2.41. The van der Waals surface area contributed by atoms with Crippen molar-refractivity contribution in [1.29, 1.82) is 0 Å². The summed E-state index contributed by atoms with van der Waals surface area (Å²) in [5.74, 6) is -3.39. The van der Waals surface area contributed by atoms with Crippen LogP contribution in [0, 0.1) is 6.92 Å². The fourth-order valence-corrected chi connectivity index (χ4v) is 3.53. The molecule has 11 heteroatoms. The maximum absolute atomic E-state index is 12.4. The molecule has 10 nitrogen and oxygen atoms in total. The van der Waals surface area contributed by atoms with Gasteiger partial charge in [0, 0.05) is 11.1 Å². The number of nitrogens with one attached hydrogen (secondary N) is 2. The quantitative estimate of drug-likeness (QED) is 0.384. The standard InChI is InChI=1S/C19H18N4O6S/c1-10-9-30-16(20-10)7-14(24)21-22-15(25)8-29-19(28)11(2)23-17(26)12-5-3-4-6-13(12)18(23)27/h3-6,9,11H,7-8H2,1-2H3,(H,21,24)(H,22,25). The minimum Gasteiger partial charge on any atom is -0.454 e. The zero-order chi connectivity index (χ0) is 21.8. The van der Waals surface area contributed by atoms with Crippen LogP contribution in [0.1, 0.15) is 38.3 Å². The number of carbonyl (C=O) groups is 5. The fourth-order valence-electron chi connectivity index (χ4n) is 2.76. The molecule has 1 aromatic heterocycles. The molecule has 0 bridgehead atoms. The van der Waals surface area contributed by atoms with Gasteiger partial charge in [-0.05, 0) is 26.0 Å². The van der Waals surface area contributed by atoms with Gasteiger partial charge in [0.2, 0.25) is 5.91 Å². The highest BCUT2D eigenvalue weighted by molar-refractivity contribution is 7.09. The topological polar surface area (TPSA) is 135 Å². The van der Waals surface area contributed by atoms with Gasteiger partial charge >= 0.3 is 5.97 Å². The Hall–Kier alpha value is -3.60. The van der Waals surface area contributed by atoms with E-state index in [1.807, 2.05) is 0 Å². The lowest BCUT2D eigenvalue weighted by molar-refractivity contribution is -0.152. The first kappa shape index (κ1) is 21.1. The lowest BCUT2D eigenvalue weighted by Gasteiger charge is -2.20. The van der Waals surface area contributed by atoms with Crippen LogP contribution in [0.4, 0.5) is 0 Å². The molecule has 0 fully saturated rings. The molecule has 1 unspecified atom stereocenters. The summed E-state index contributed by atoms with van der Waals surface area (Å²) in [4.78, 5) is 65.5. The minimum absolute atomic E-state index is 0.00461. The molecule has 0 spiro atoms. The van der Waals surface area contributed by atoms with Crippen molar-refractivity contribution in [2.75, 3.05) is 6.61 Å². The molecule has 0 radical (unpaired) electrons. The van der Waals surface area contributed by atoms with Crippen LogP contribution < -0.4 is 10.9 Å². The van der Waals surface area contributed by atoms with Gasteiger partial charge in [0.1, 0.15) is 11.0 Å². The molecule has 2 aromatic rings. The van der Waals surface area contributed by atoms with Gasteiger partial charge in [-0.25, -0.2) is 9.78 Å². The summed E-state index contributed by atoms with van der Waals surface area (Å²) in [6, 6.07) is 5.01. The number of thiazole rings is 1. The summed E-state index contributed by atoms with van der Waals surface area (Å²) in [5.41, 5.74) is 5.52. The van der Waals surface area contributed by atoms with E-state index in [9.17, 15) is 24.0 Å². The molecule has 3 rings (SSSR count). The van der Waals surface area contributed by atoms with Crippen molar-refractivity contribution in [2.24, 2.45) is 0 Å². The molecule has 156 valence electrons. The number of hydrogen-bond acceptors (Lipinski definition) is 8. The maximum atomic E-state index is 12.4. The van der Waals surface area contributed by atoms with Gasteiger partial charge < -0.3 is 4.74 Å². The second kappa shape index (κ2) is 8.82. The van der Waals surface area contributed by atoms with Crippen LogP contribution in [0.2, 0.25) is 0 Å². The first-order chi connectivity index (χ1) is 14.3. The van der Waals surface area contributed by atoms with E-state index in [-0.39, 0.29) is 17.5 Å². The first-order valence-corrected chi connectivity index (χ1v) is 9.78. The minimum atomic E-state index is -1.21. The van der Waals surface area contributed by atoms with Crippen molar-refractivity contribution in [3.8, 4) is 0 Å². The van der Waals surface area contributed by atoms with Gasteiger partial charge in [-0.15, -0.1) is 11.3 Å². The average Bonchev–Trinajstić information content (AvgIpc) is 3.24. The van der Waals surface area contributed by atoms with Crippen molar-refractivity contribution in [1.82, 2.24) is 20.7 Å². The van der Waals surface area contributed by atoms with Crippen LogP contribution in [0.3, 0.4) is 0 Å². The molecule has 1 atom stereocenters. The van der Waals surface area contributed by atoms with Crippen molar-refractivity contribution in [2.45, 2.75) is 26.3 Å². The zero-order valence-electron chi connectivity index (χ0n) is 16.1. The summed E-state index contributed by atoms with van der Waals surface area (Å²) in [5, 5.41) is 2.40. The third-order valence-electron chi connectivity index (χ3n) is 4.22. The number of imide groups is 1. The van der Waals surface area contributed by atoms with Crippen molar-refractivity contribution >= 4 is 40.9 Å². The van der Waals surface area contributed by atoms with Gasteiger partial charge in [-0.1, -0.05) is 12.1 Å². The molecule has 4 amide bonds. The summed E-state index contributed by atoms with van der Waals surface area (Å²) in [7, 11) is 0. The van der Waals surface area contributed by atoms with E-state index in [0.29, 0.717) is 5.01 Å². The third-order valence-corrected chi connectivity index (χ3v) is 5.19. The van der Waals surface area contributed by atoms with E-state index < -0.39 is 42.2 Å². The smallest absolute Gasteiger partial charge is 0.329 e. The normalized spacial score (nSPS) is 13.6. The number of aryl methyl sites for hydroxylation is 1. The number of nitrogens with zero attached hydrogens (tertiary/aromatic N) is 2. The van der Waals surface area contributed by atoms with Gasteiger partial charge in [0.05, 0.1) is 17.5 Å². The number of benzene rings is 1. The number of ether oxygens (including phenoxy) is 1. The molecule has 2 N–H and O–H groups in total. The van der Waals surface area contributed by atoms with E-state index in [1.54, 1.807) is 24.4 Å². The van der Waals surface area contributed by atoms with Crippen LogP contribution in [-0.2, 0) is 25.5 Å². The Balaban J connectivity index is 1.46. The van der Waals surface area contributed by atoms with Crippen LogP contribution in [0.15, 0.2) is 29.6 Å². The van der Waals surface area contributed by atoms with E-state index in [0.717, 1.165) is 10.6 Å². The lowest BCUT2D eigenvalue weighted by Crippen LogP contribution is -2.46. The molecule has 0 saturated heterocycles. The first-order valence-electron chi connectivity index (χ1n) is 8.90. The monoisotopic (exact) mass is 430 g/mol. The van der Waals surface area contributed by atoms with E-state index in [4.69, 9.17) is 4.74 Å². The molecular formula is C19H18N4O6S. The molecule has 1 aliphatic heterocycles. The summed E-state index contributed by atoms with van der Waals surface area (Å²) >= 11 is 1.32. The Labute approximate surface area is 175 Å². The molecule has 1 aliphatic rings. The number of esters is 1. The van der Waals surface area contributed by atoms with Crippen LogP contribution in [-0.4, -0.2) is 52.1 Å². The third kappa shape index (κ3) is 4.51. The average molecular weight is 430 g/mol. The highest BCUT2D eigenvalue weighted by Crippen LogP contribution is 2.24. The fraction of sp³-hybridized carbons (Fsp3) is 0.263. The van der Waals surface area contributed by atoms with Gasteiger partial charge in [-0.2, -0.15) is 0 Å². The summed E-state index contributed by atoms with van der Waals surface area (Å²) in [6.07, 6.45) is -0.00461. The Bertz CT molecular complexity index is 999. The van der Waals surface area contributed by atoms with Gasteiger partial charge in [0.25, 0.3) is 17.7 Å². The number of rotatable bonds is 6.